The summed E-state index contributed by atoms with van der Waals surface area (Å²) in [7, 11) is 0. The van der Waals surface area contributed by atoms with Crippen LogP contribution in [0.5, 0.6) is 0 Å². The van der Waals surface area contributed by atoms with Crippen LogP contribution in [0.3, 0.4) is 0 Å². The van der Waals surface area contributed by atoms with Gasteiger partial charge in [-0.05, 0) is 12.1 Å². The van der Waals surface area contributed by atoms with E-state index in [2.05, 4.69) is 20.5 Å². The Balaban J connectivity index is 1.67. The van der Waals surface area contributed by atoms with Gasteiger partial charge in [-0.3, -0.25) is 23.5 Å². The Hall–Kier alpha value is -3.23. The maximum Gasteiger partial charge on any atom is 0.328 e. The van der Waals surface area contributed by atoms with Crippen LogP contribution in [-0.4, -0.2) is 30.1 Å². The summed E-state index contributed by atoms with van der Waals surface area (Å²) >= 11 is 0. The second kappa shape index (κ2) is 5.64. The van der Waals surface area contributed by atoms with Crippen molar-refractivity contribution in [3.05, 3.63) is 63.3 Å². The van der Waals surface area contributed by atoms with Gasteiger partial charge in [0.05, 0.1) is 6.54 Å². The van der Waals surface area contributed by atoms with E-state index in [4.69, 9.17) is 0 Å². The summed E-state index contributed by atoms with van der Waals surface area (Å²) in [4.78, 5) is 36.4. The Morgan fingerprint density at radius 3 is 2.86 bits per heavy atom. The molecule has 2 N–H and O–H groups in total. The van der Waals surface area contributed by atoms with Crippen LogP contribution in [0.1, 0.15) is 5.82 Å². The molecule has 0 spiro atoms. The number of carbonyl (C=O) groups excluding carboxylic acids is 1. The fourth-order valence-corrected chi connectivity index (χ4v) is 1.97. The van der Waals surface area contributed by atoms with Crippen LogP contribution in [0, 0.1) is 0 Å². The molecule has 0 bridgehead atoms. The first kappa shape index (κ1) is 13.7. The first-order valence-electron chi connectivity index (χ1n) is 6.48. The largest absolute Gasteiger partial charge is 0.347 e. The van der Waals surface area contributed by atoms with E-state index in [9.17, 15) is 14.4 Å². The average molecular weight is 300 g/mol. The Morgan fingerprint density at radius 1 is 1.18 bits per heavy atom. The van der Waals surface area contributed by atoms with Gasteiger partial charge < -0.3 is 5.32 Å². The summed E-state index contributed by atoms with van der Waals surface area (Å²) in [6, 6.07) is 6.66. The lowest BCUT2D eigenvalue weighted by molar-refractivity contribution is -0.121. The zero-order chi connectivity index (χ0) is 15.5. The molecule has 0 aliphatic carbocycles. The van der Waals surface area contributed by atoms with Crippen molar-refractivity contribution in [2.75, 3.05) is 0 Å². The van der Waals surface area contributed by atoms with E-state index >= 15 is 0 Å². The lowest BCUT2D eigenvalue weighted by Gasteiger charge is -2.06. The molecular formula is C13H12N6O3. The molecule has 0 fully saturated rings. The van der Waals surface area contributed by atoms with E-state index in [-0.39, 0.29) is 19.0 Å². The lowest BCUT2D eigenvalue weighted by atomic mass is 10.4. The van der Waals surface area contributed by atoms with Crippen LogP contribution < -0.4 is 16.6 Å². The predicted molar refractivity (Wildman–Crippen MR) is 76.2 cm³/mol. The Bertz CT molecular complexity index is 938. The van der Waals surface area contributed by atoms with Gasteiger partial charge >= 0.3 is 5.69 Å². The minimum absolute atomic E-state index is 0.183. The molecule has 3 heterocycles. The molecule has 9 heteroatoms. The summed E-state index contributed by atoms with van der Waals surface area (Å²) in [5, 5.41) is 10.6. The van der Waals surface area contributed by atoms with E-state index in [1.165, 1.54) is 12.3 Å². The van der Waals surface area contributed by atoms with Gasteiger partial charge in [0, 0.05) is 18.5 Å². The normalized spacial score (nSPS) is 10.7. The molecule has 0 saturated carbocycles. The maximum absolute atomic E-state index is 11.9. The van der Waals surface area contributed by atoms with E-state index in [1.54, 1.807) is 16.7 Å². The van der Waals surface area contributed by atoms with Crippen molar-refractivity contribution < 1.29 is 4.79 Å². The third-order valence-electron chi connectivity index (χ3n) is 3.04. The Kier molecular flexibility index (Phi) is 3.52. The minimum Gasteiger partial charge on any atom is -0.347 e. The number of rotatable bonds is 4. The summed E-state index contributed by atoms with van der Waals surface area (Å²) in [5.74, 6) is 0.208. The zero-order valence-corrected chi connectivity index (χ0v) is 11.4. The minimum atomic E-state index is -0.629. The molecule has 22 heavy (non-hydrogen) atoms. The average Bonchev–Trinajstić information content (AvgIpc) is 2.91. The molecule has 0 saturated heterocycles. The molecule has 3 aromatic rings. The monoisotopic (exact) mass is 300 g/mol. The summed E-state index contributed by atoms with van der Waals surface area (Å²) in [5.41, 5.74) is -0.448. The van der Waals surface area contributed by atoms with Gasteiger partial charge in [0.15, 0.2) is 11.5 Å². The van der Waals surface area contributed by atoms with Gasteiger partial charge in [0.25, 0.3) is 5.56 Å². The molecule has 0 unspecified atom stereocenters. The van der Waals surface area contributed by atoms with Gasteiger partial charge in [0.2, 0.25) is 5.91 Å². The van der Waals surface area contributed by atoms with Crippen LogP contribution in [-0.2, 0) is 17.9 Å². The number of aromatic amines is 1. The molecule has 112 valence electrons. The number of hydrogen-bond acceptors (Lipinski definition) is 5. The van der Waals surface area contributed by atoms with Crippen LogP contribution >= 0.6 is 0 Å². The van der Waals surface area contributed by atoms with Crippen molar-refractivity contribution >= 4 is 11.6 Å². The van der Waals surface area contributed by atoms with Crippen molar-refractivity contribution in [1.29, 1.82) is 0 Å². The molecule has 3 aromatic heterocycles. The highest BCUT2D eigenvalue weighted by Crippen LogP contribution is 2.02. The maximum atomic E-state index is 11.9. The summed E-state index contributed by atoms with van der Waals surface area (Å²) in [6.07, 6.45) is 3.07. The smallest absolute Gasteiger partial charge is 0.328 e. The van der Waals surface area contributed by atoms with E-state index < -0.39 is 11.2 Å². The number of fused-ring (bicyclic) bond motifs is 1. The molecular weight excluding hydrogens is 288 g/mol. The van der Waals surface area contributed by atoms with Gasteiger partial charge in [-0.15, -0.1) is 10.2 Å². The Labute approximate surface area is 123 Å². The fraction of sp³-hybridized carbons (Fsp3) is 0.154. The number of hydrogen-bond donors (Lipinski definition) is 2. The number of amides is 1. The number of pyridine rings is 1. The first-order valence-corrected chi connectivity index (χ1v) is 6.48. The van der Waals surface area contributed by atoms with Crippen molar-refractivity contribution in [2.24, 2.45) is 0 Å². The second-order valence-corrected chi connectivity index (χ2v) is 4.56. The van der Waals surface area contributed by atoms with Crippen molar-refractivity contribution in [2.45, 2.75) is 13.1 Å². The number of carbonyl (C=O) groups is 1. The third kappa shape index (κ3) is 2.77. The number of aromatic nitrogens is 5. The highest BCUT2D eigenvalue weighted by atomic mass is 16.2. The molecule has 0 aliphatic heterocycles. The van der Waals surface area contributed by atoms with Gasteiger partial charge in [0.1, 0.15) is 6.54 Å². The molecule has 0 aliphatic rings. The molecule has 0 aromatic carbocycles. The lowest BCUT2D eigenvalue weighted by Crippen LogP contribution is -2.35. The van der Waals surface area contributed by atoms with Crippen molar-refractivity contribution in [3.63, 3.8) is 0 Å². The third-order valence-corrected chi connectivity index (χ3v) is 3.04. The highest BCUT2D eigenvalue weighted by molar-refractivity contribution is 5.75. The fourth-order valence-electron chi connectivity index (χ4n) is 1.97. The number of nitrogens with one attached hydrogen (secondary N) is 2. The SMILES string of the molecule is O=C(Cn1ccc(=O)[nH]c1=O)NCc1nnc2ccccn12. The molecule has 9 nitrogen and oxygen atoms in total. The predicted octanol–water partition coefficient (Wildman–Crippen LogP) is -1.10. The van der Waals surface area contributed by atoms with Crippen molar-refractivity contribution in [3.8, 4) is 0 Å². The first-order chi connectivity index (χ1) is 10.6. The molecule has 1 amide bonds. The van der Waals surface area contributed by atoms with Gasteiger partial charge in [-0.1, -0.05) is 6.07 Å². The quantitative estimate of drug-likeness (QED) is 0.634. The van der Waals surface area contributed by atoms with Gasteiger partial charge in [-0.2, -0.15) is 0 Å². The van der Waals surface area contributed by atoms with Crippen molar-refractivity contribution in [1.82, 2.24) is 29.5 Å². The van der Waals surface area contributed by atoms with Gasteiger partial charge in [-0.25, -0.2) is 4.79 Å². The number of nitrogens with zero attached hydrogens (tertiary/aromatic N) is 4. The van der Waals surface area contributed by atoms with E-state index in [0.29, 0.717) is 11.5 Å². The molecule has 0 radical (unpaired) electrons. The van der Waals surface area contributed by atoms with Crippen LogP contribution in [0.25, 0.3) is 5.65 Å². The highest BCUT2D eigenvalue weighted by Gasteiger charge is 2.08. The van der Waals surface area contributed by atoms with Crippen LogP contribution in [0.15, 0.2) is 46.2 Å². The topological polar surface area (TPSA) is 114 Å². The molecule has 0 atom stereocenters. The van der Waals surface area contributed by atoms with Crippen LogP contribution in [0.2, 0.25) is 0 Å². The summed E-state index contributed by atoms with van der Waals surface area (Å²) in [6.45, 7) is -0.00549. The van der Waals surface area contributed by atoms with Crippen LogP contribution in [0.4, 0.5) is 0 Å². The second-order valence-electron chi connectivity index (χ2n) is 4.56. The number of H-pyrrole nitrogens is 1. The summed E-state index contributed by atoms with van der Waals surface area (Å²) < 4.78 is 2.87. The zero-order valence-electron chi connectivity index (χ0n) is 11.4. The molecule has 3 rings (SSSR count). The standard InChI is InChI=1S/C13H12N6O3/c20-11-4-6-18(13(22)15-11)8-12(21)14-7-10-17-16-9-3-1-2-5-19(9)10/h1-6H,7-8H2,(H,14,21)(H,15,20,22). The van der Waals surface area contributed by atoms with E-state index in [1.807, 2.05) is 12.1 Å². The van der Waals surface area contributed by atoms with E-state index in [0.717, 1.165) is 4.57 Å². The Morgan fingerprint density at radius 2 is 2.05 bits per heavy atom.